The van der Waals surface area contributed by atoms with E-state index in [1.165, 1.54) is 0 Å². The zero-order valence-corrected chi connectivity index (χ0v) is 16.8. The first-order valence-corrected chi connectivity index (χ1v) is 9.58. The average Bonchev–Trinajstić information content (AvgIpc) is 3.10. The molecule has 0 saturated carbocycles. The monoisotopic (exact) mass is 398 g/mol. The fraction of sp³-hybridized carbons (Fsp3) is 0.273. The summed E-state index contributed by atoms with van der Waals surface area (Å²) in [4.78, 5) is 25.3. The lowest BCUT2D eigenvalue weighted by Crippen LogP contribution is -2.50. The molecule has 0 fully saturated rings. The van der Waals surface area contributed by atoms with E-state index in [4.69, 9.17) is 16.0 Å². The van der Waals surface area contributed by atoms with Crippen molar-refractivity contribution in [3.05, 3.63) is 70.9 Å². The molecule has 0 spiro atoms. The van der Waals surface area contributed by atoms with Gasteiger partial charge in [-0.1, -0.05) is 43.6 Å². The molecule has 28 heavy (non-hydrogen) atoms. The molecular formula is C22H23ClN2O3. The first-order valence-electron chi connectivity index (χ1n) is 9.20. The van der Waals surface area contributed by atoms with E-state index in [0.29, 0.717) is 16.3 Å². The number of para-hydroxylation sites is 1. The predicted octanol–water partition coefficient (Wildman–Crippen LogP) is 4.72. The van der Waals surface area contributed by atoms with E-state index in [-0.39, 0.29) is 23.8 Å². The molecule has 2 N–H and O–H groups in total. The van der Waals surface area contributed by atoms with Gasteiger partial charge in [-0.25, -0.2) is 0 Å². The third kappa shape index (κ3) is 4.54. The van der Waals surface area contributed by atoms with Gasteiger partial charge in [0.25, 0.3) is 5.91 Å². The number of carbonyl (C=O) groups is 2. The van der Waals surface area contributed by atoms with Crippen LogP contribution in [0.5, 0.6) is 0 Å². The summed E-state index contributed by atoms with van der Waals surface area (Å²) in [6, 6.07) is 15.1. The molecule has 6 heteroatoms. The van der Waals surface area contributed by atoms with Gasteiger partial charge in [0.15, 0.2) is 0 Å². The van der Waals surface area contributed by atoms with Crippen LogP contribution in [0.3, 0.4) is 0 Å². The number of furan rings is 1. The van der Waals surface area contributed by atoms with Crippen molar-refractivity contribution in [2.24, 2.45) is 5.92 Å². The second-order valence-corrected chi connectivity index (χ2v) is 7.56. The van der Waals surface area contributed by atoms with Crippen molar-refractivity contribution >= 4 is 34.4 Å². The number of halogens is 1. The Hall–Kier alpha value is -2.79. The van der Waals surface area contributed by atoms with Gasteiger partial charge in [0, 0.05) is 16.0 Å². The van der Waals surface area contributed by atoms with Crippen molar-refractivity contribution in [3.8, 4) is 0 Å². The Labute approximate surface area is 169 Å². The number of hydrogen-bond donors (Lipinski definition) is 2. The SMILES string of the molecule is CC(C)[C@H](NC(=O)c1ccc(Cl)cc1)C(=O)N[C@H](C)c1cc2ccccc2o1. The van der Waals surface area contributed by atoms with Gasteiger partial charge in [0.05, 0.1) is 6.04 Å². The summed E-state index contributed by atoms with van der Waals surface area (Å²) in [7, 11) is 0. The van der Waals surface area contributed by atoms with Gasteiger partial charge < -0.3 is 15.1 Å². The van der Waals surface area contributed by atoms with Crippen LogP contribution < -0.4 is 10.6 Å². The van der Waals surface area contributed by atoms with E-state index >= 15 is 0 Å². The van der Waals surface area contributed by atoms with Crippen molar-refractivity contribution < 1.29 is 14.0 Å². The van der Waals surface area contributed by atoms with Gasteiger partial charge in [0.1, 0.15) is 17.4 Å². The summed E-state index contributed by atoms with van der Waals surface area (Å²) >= 11 is 5.86. The highest BCUT2D eigenvalue weighted by atomic mass is 35.5. The molecule has 0 bridgehead atoms. The Morgan fingerprint density at radius 2 is 1.64 bits per heavy atom. The van der Waals surface area contributed by atoms with Gasteiger partial charge in [-0.05, 0) is 49.2 Å². The second kappa shape index (κ2) is 8.48. The number of rotatable bonds is 6. The zero-order valence-electron chi connectivity index (χ0n) is 16.0. The van der Waals surface area contributed by atoms with E-state index in [9.17, 15) is 9.59 Å². The highest BCUT2D eigenvalue weighted by Gasteiger charge is 2.26. The van der Waals surface area contributed by atoms with E-state index in [1.807, 2.05) is 51.1 Å². The summed E-state index contributed by atoms with van der Waals surface area (Å²) in [6.07, 6.45) is 0. The summed E-state index contributed by atoms with van der Waals surface area (Å²) in [5.74, 6) is 0.00684. The standard InChI is InChI=1S/C22H23ClN2O3/c1-13(2)20(25-21(26)15-8-10-17(23)11-9-15)22(27)24-14(3)19-12-16-6-4-5-7-18(16)28-19/h4-14,20H,1-3H3,(H,24,27)(H,25,26)/t14-,20+/m1/s1. The molecule has 1 aromatic heterocycles. The minimum absolute atomic E-state index is 0.0841. The van der Waals surface area contributed by atoms with Gasteiger partial charge in [-0.15, -0.1) is 0 Å². The lowest BCUT2D eigenvalue weighted by Gasteiger charge is -2.23. The molecule has 0 aliphatic heterocycles. The molecule has 2 atom stereocenters. The Balaban J connectivity index is 1.69. The number of amides is 2. The van der Waals surface area contributed by atoms with Crippen LogP contribution in [-0.2, 0) is 4.79 Å². The zero-order chi connectivity index (χ0) is 20.3. The Kier molecular flexibility index (Phi) is 6.05. The van der Waals surface area contributed by atoms with E-state index in [2.05, 4.69) is 10.6 Å². The van der Waals surface area contributed by atoms with Crippen LogP contribution in [0.15, 0.2) is 59.0 Å². The predicted molar refractivity (Wildman–Crippen MR) is 110 cm³/mol. The normalized spacial score (nSPS) is 13.3. The molecule has 1 heterocycles. The van der Waals surface area contributed by atoms with Crippen LogP contribution in [0, 0.1) is 5.92 Å². The Bertz CT molecular complexity index is 946. The number of nitrogens with one attached hydrogen (secondary N) is 2. The molecule has 0 aliphatic carbocycles. The van der Waals surface area contributed by atoms with Crippen LogP contribution >= 0.6 is 11.6 Å². The smallest absolute Gasteiger partial charge is 0.251 e. The van der Waals surface area contributed by atoms with Gasteiger partial charge in [0.2, 0.25) is 5.91 Å². The number of fused-ring (bicyclic) bond motifs is 1. The first kappa shape index (κ1) is 20.0. The second-order valence-electron chi connectivity index (χ2n) is 7.12. The van der Waals surface area contributed by atoms with Crippen molar-refractivity contribution in [2.45, 2.75) is 32.9 Å². The molecule has 3 rings (SSSR count). The molecule has 146 valence electrons. The summed E-state index contributed by atoms with van der Waals surface area (Å²) < 4.78 is 5.82. The van der Waals surface area contributed by atoms with E-state index in [1.54, 1.807) is 24.3 Å². The largest absolute Gasteiger partial charge is 0.459 e. The minimum atomic E-state index is -0.671. The van der Waals surface area contributed by atoms with Crippen molar-refractivity contribution in [3.63, 3.8) is 0 Å². The third-order valence-electron chi connectivity index (χ3n) is 4.57. The van der Waals surface area contributed by atoms with Crippen LogP contribution in [0.1, 0.15) is 42.9 Å². The summed E-state index contributed by atoms with van der Waals surface area (Å²) in [6.45, 7) is 5.63. The third-order valence-corrected chi connectivity index (χ3v) is 4.82. The van der Waals surface area contributed by atoms with Gasteiger partial charge >= 0.3 is 0 Å². The molecule has 0 unspecified atom stereocenters. The molecule has 3 aromatic rings. The molecule has 0 aliphatic rings. The van der Waals surface area contributed by atoms with Gasteiger partial charge in [-0.3, -0.25) is 9.59 Å². The molecular weight excluding hydrogens is 376 g/mol. The topological polar surface area (TPSA) is 71.3 Å². The molecule has 0 radical (unpaired) electrons. The van der Waals surface area contributed by atoms with Crippen molar-refractivity contribution in [1.82, 2.24) is 10.6 Å². The highest BCUT2D eigenvalue weighted by molar-refractivity contribution is 6.30. The van der Waals surface area contributed by atoms with Crippen LogP contribution in [-0.4, -0.2) is 17.9 Å². The quantitative estimate of drug-likeness (QED) is 0.631. The lowest BCUT2D eigenvalue weighted by atomic mass is 10.0. The average molecular weight is 399 g/mol. The Morgan fingerprint density at radius 1 is 0.964 bits per heavy atom. The first-order chi connectivity index (χ1) is 13.3. The van der Waals surface area contributed by atoms with Crippen LogP contribution in [0.4, 0.5) is 0 Å². The minimum Gasteiger partial charge on any atom is -0.459 e. The van der Waals surface area contributed by atoms with Crippen molar-refractivity contribution in [1.29, 1.82) is 0 Å². The van der Waals surface area contributed by atoms with E-state index in [0.717, 1.165) is 11.0 Å². The number of benzene rings is 2. The van der Waals surface area contributed by atoms with Crippen molar-refractivity contribution in [2.75, 3.05) is 0 Å². The maximum Gasteiger partial charge on any atom is 0.251 e. The highest BCUT2D eigenvalue weighted by Crippen LogP contribution is 2.23. The molecule has 5 nitrogen and oxygen atoms in total. The van der Waals surface area contributed by atoms with Crippen LogP contribution in [0.25, 0.3) is 11.0 Å². The Morgan fingerprint density at radius 3 is 2.29 bits per heavy atom. The lowest BCUT2D eigenvalue weighted by molar-refractivity contribution is -0.124. The maximum atomic E-state index is 12.8. The molecule has 0 saturated heterocycles. The van der Waals surface area contributed by atoms with Crippen LogP contribution in [0.2, 0.25) is 5.02 Å². The number of hydrogen-bond acceptors (Lipinski definition) is 3. The maximum absolute atomic E-state index is 12.8. The summed E-state index contributed by atoms with van der Waals surface area (Å²) in [5.41, 5.74) is 1.23. The van der Waals surface area contributed by atoms with Gasteiger partial charge in [-0.2, -0.15) is 0 Å². The molecule has 2 aromatic carbocycles. The van der Waals surface area contributed by atoms with E-state index < -0.39 is 6.04 Å². The summed E-state index contributed by atoms with van der Waals surface area (Å²) in [5, 5.41) is 7.28. The fourth-order valence-electron chi connectivity index (χ4n) is 2.95. The molecule has 2 amide bonds. The number of carbonyl (C=O) groups excluding carboxylic acids is 2. The fourth-order valence-corrected chi connectivity index (χ4v) is 3.08.